The molecule has 7 nitrogen and oxygen atoms in total. The zero-order chi connectivity index (χ0) is 25.8. The maximum atomic E-state index is 13.5. The number of nitrogens with one attached hydrogen (secondary N) is 3. The first-order valence-electron chi connectivity index (χ1n) is 10.6. The summed E-state index contributed by atoms with van der Waals surface area (Å²) in [5.74, 6) is -4.05. The quantitative estimate of drug-likeness (QED) is 0.174. The number of H-pyrrole nitrogens is 1. The number of fused-ring (bicyclic) bond motifs is 1. The number of rotatable bonds is 6. The molecule has 3 N–H and O–H groups in total. The normalized spacial score (nSPS) is 19.4. The number of carbonyl (C=O) groups is 2. The largest absolute Gasteiger partial charge is 0.474 e. The van der Waals surface area contributed by atoms with Gasteiger partial charge in [-0.25, -0.2) is 13.8 Å². The van der Waals surface area contributed by atoms with Gasteiger partial charge in [0.2, 0.25) is 5.88 Å². The highest BCUT2D eigenvalue weighted by atomic mass is 19.4. The number of ether oxygens (including phenoxy) is 1. The number of aliphatic imine (C=N–C) groups is 1. The summed E-state index contributed by atoms with van der Waals surface area (Å²) in [5.41, 5.74) is -0.427. The standard InChI is InChI=1S/C23H23F5N4O3/c1-12(23(26,27)28)3-8-20(29-2)35-14-6-4-13(5-7-14)31-21(33)22(34)32-19-11-30-18-10-17(25)16(24)9-15(18)19/h3,8-11,13-14,30H,2,4-7H2,1H3,(H,31,33)(H,32,34)/b12-3+,20-8+/t13-,14+. The van der Waals surface area contributed by atoms with E-state index in [0.29, 0.717) is 25.7 Å². The Bertz CT molecular complexity index is 1180. The van der Waals surface area contributed by atoms with Crippen molar-refractivity contribution in [1.29, 1.82) is 0 Å². The molecular weight excluding hydrogens is 475 g/mol. The SMILES string of the molecule is C=N/C(=C\C=C(/C)C(F)(F)F)O[C@H]1CC[C@@H](NC(=O)C(=O)Nc2c[nH]c3cc(F)c(F)cc23)CC1. The monoisotopic (exact) mass is 498 g/mol. The zero-order valence-corrected chi connectivity index (χ0v) is 18.6. The lowest BCUT2D eigenvalue weighted by Crippen LogP contribution is -2.44. The van der Waals surface area contributed by atoms with Crippen LogP contribution in [0.2, 0.25) is 0 Å². The van der Waals surface area contributed by atoms with Crippen LogP contribution < -0.4 is 10.6 Å². The Balaban J connectivity index is 1.50. The number of benzene rings is 1. The first-order valence-corrected chi connectivity index (χ1v) is 10.6. The molecule has 2 amide bonds. The van der Waals surface area contributed by atoms with Gasteiger partial charge in [-0.1, -0.05) is 0 Å². The van der Waals surface area contributed by atoms with Crippen LogP contribution in [0.1, 0.15) is 32.6 Å². The van der Waals surface area contributed by atoms with Crippen molar-refractivity contribution in [2.45, 2.75) is 50.9 Å². The Morgan fingerprint density at radius 2 is 1.77 bits per heavy atom. The van der Waals surface area contributed by atoms with E-state index in [1.54, 1.807) is 0 Å². The summed E-state index contributed by atoms with van der Waals surface area (Å²) in [6.45, 7) is 4.23. The van der Waals surface area contributed by atoms with Crippen LogP contribution in [-0.4, -0.2) is 41.8 Å². The van der Waals surface area contributed by atoms with Gasteiger partial charge in [0.15, 0.2) is 11.6 Å². The van der Waals surface area contributed by atoms with Gasteiger partial charge in [-0.15, -0.1) is 0 Å². The van der Waals surface area contributed by atoms with Crippen molar-refractivity contribution >= 4 is 35.1 Å². The Labute approximate surface area is 197 Å². The molecule has 0 atom stereocenters. The van der Waals surface area contributed by atoms with Crippen molar-refractivity contribution in [2.75, 3.05) is 5.32 Å². The highest BCUT2D eigenvalue weighted by Gasteiger charge is 2.30. The average Bonchev–Trinajstić information content (AvgIpc) is 3.18. The van der Waals surface area contributed by atoms with Crippen LogP contribution in [0, 0.1) is 11.6 Å². The molecule has 1 aromatic carbocycles. The molecule has 3 rings (SSSR count). The third kappa shape index (κ3) is 6.67. The smallest absolute Gasteiger partial charge is 0.412 e. The molecule has 1 aliphatic carbocycles. The van der Waals surface area contributed by atoms with Crippen molar-refractivity contribution < 1.29 is 36.3 Å². The van der Waals surface area contributed by atoms with E-state index in [0.717, 1.165) is 31.2 Å². The first-order chi connectivity index (χ1) is 16.5. The minimum absolute atomic E-state index is 0.0458. The Morgan fingerprint density at radius 3 is 2.40 bits per heavy atom. The Morgan fingerprint density at radius 1 is 1.11 bits per heavy atom. The second-order valence-corrected chi connectivity index (χ2v) is 8.04. The molecule has 0 saturated heterocycles. The van der Waals surface area contributed by atoms with Crippen LogP contribution in [0.25, 0.3) is 10.9 Å². The number of anilines is 1. The van der Waals surface area contributed by atoms with E-state index in [-0.39, 0.29) is 34.6 Å². The van der Waals surface area contributed by atoms with Crippen LogP contribution in [-0.2, 0) is 14.3 Å². The van der Waals surface area contributed by atoms with Crippen molar-refractivity contribution in [1.82, 2.24) is 10.3 Å². The summed E-state index contributed by atoms with van der Waals surface area (Å²) in [4.78, 5) is 30.9. The molecule has 1 aliphatic rings. The van der Waals surface area contributed by atoms with Gasteiger partial charge in [0.1, 0.15) is 6.10 Å². The summed E-state index contributed by atoms with van der Waals surface area (Å²) in [5, 5.41) is 5.19. The third-order valence-electron chi connectivity index (χ3n) is 5.55. The Hall–Kier alpha value is -3.70. The van der Waals surface area contributed by atoms with E-state index < -0.39 is 35.2 Å². The first kappa shape index (κ1) is 25.9. The molecule has 0 bridgehead atoms. The molecule has 1 aromatic heterocycles. The zero-order valence-electron chi connectivity index (χ0n) is 18.6. The van der Waals surface area contributed by atoms with Crippen LogP contribution >= 0.6 is 0 Å². The number of carbonyl (C=O) groups excluding carboxylic acids is 2. The summed E-state index contributed by atoms with van der Waals surface area (Å²) in [6.07, 6.45) is 0.339. The second kappa shape index (κ2) is 10.7. The van der Waals surface area contributed by atoms with Gasteiger partial charge in [0.25, 0.3) is 0 Å². The van der Waals surface area contributed by atoms with E-state index in [4.69, 9.17) is 4.74 Å². The van der Waals surface area contributed by atoms with Gasteiger partial charge in [0, 0.05) is 35.3 Å². The predicted octanol–water partition coefficient (Wildman–Crippen LogP) is 4.88. The number of hydrogen-bond donors (Lipinski definition) is 3. The molecule has 12 heteroatoms. The summed E-state index contributed by atoms with van der Waals surface area (Å²) in [7, 11) is 0. The topological polar surface area (TPSA) is 95.6 Å². The van der Waals surface area contributed by atoms with Crippen molar-refractivity contribution in [3.05, 3.63) is 53.6 Å². The van der Waals surface area contributed by atoms with E-state index >= 15 is 0 Å². The molecule has 0 spiro atoms. The highest BCUT2D eigenvalue weighted by Crippen LogP contribution is 2.27. The van der Waals surface area contributed by atoms with Crippen LogP contribution in [0.5, 0.6) is 0 Å². The summed E-state index contributed by atoms with van der Waals surface area (Å²) < 4.78 is 70.2. The minimum atomic E-state index is -4.45. The van der Waals surface area contributed by atoms with Crippen molar-refractivity contribution in [3.63, 3.8) is 0 Å². The van der Waals surface area contributed by atoms with E-state index in [2.05, 4.69) is 27.3 Å². The van der Waals surface area contributed by atoms with Gasteiger partial charge in [-0.2, -0.15) is 13.2 Å². The van der Waals surface area contributed by atoms with E-state index in [9.17, 15) is 31.5 Å². The fourth-order valence-electron chi connectivity index (χ4n) is 3.57. The Kier molecular flexibility index (Phi) is 7.92. The molecule has 2 aromatic rings. The number of alkyl halides is 3. The molecule has 1 saturated carbocycles. The molecule has 0 aliphatic heterocycles. The van der Waals surface area contributed by atoms with E-state index in [1.807, 2.05) is 0 Å². The number of amides is 2. The number of aromatic amines is 1. The maximum Gasteiger partial charge on any atom is 0.412 e. The number of nitrogens with zero attached hydrogens (tertiary/aromatic N) is 1. The lowest BCUT2D eigenvalue weighted by atomic mass is 9.93. The molecule has 188 valence electrons. The molecule has 0 unspecified atom stereocenters. The minimum Gasteiger partial charge on any atom is -0.474 e. The van der Waals surface area contributed by atoms with Gasteiger partial charge >= 0.3 is 18.0 Å². The predicted molar refractivity (Wildman–Crippen MR) is 120 cm³/mol. The number of aromatic nitrogens is 1. The summed E-state index contributed by atoms with van der Waals surface area (Å²) in [6, 6.07) is 1.54. The fourth-order valence-corrected chi connectivity index (χ4v) is 3.57. The number of hydrogen-bond acceptors (Lipinski definition) is 4. The molecule has 0 radical (unpaired) electrons. The van der Waals surface area contributed by atoms with Gasteiger partial charge < -0.3 is 20.4 Å². The van der Waals surface area contributed by atoms with Gasteiger partial charge in [-0.05, 0) is 51.5 Å². The van der Waals surface area contributed by atoms with Gasteiger partial charge in [-0.3, -0.25) is 9.59 Å². The van der Waals surface area contributed by atoms with E-state index in [1.165, 1.54) is 6.20 Å². The molecule has 1 heterocycles. The number of halogens is 5. The lowest BCUT2D eigenvalue weighted by molar-refractivity contribution is -0.136. The second-order valence-electron chi connectivity index (χ2n) is 8.04. The maximum absolute atomic E-state index is 13.5. The third-order valence-corrected chi connectivity index (χ3v) is 5.55. The molecule has 1 fully saturated rings. The van der Waals surface area contributed by atoms with Crippen LogP contribution in [0.3, 0.4) is 0 Å². The van der Waals surface area contributed by atoms with Crippen molar-refractivity contribution in [3.8, 4) is 0 Å². The van der Waals surface area contributed by atoms with Crippen molar-refractivity contribution in [2.24, 2.45) is 4.99 Å². The van der Waals surface area contributed by atoms with Crippen LogP contribution in [0.15, 0.2) is 46.9 Å². The fraction of sp³-hybridized carbons (Fsp3) is 0.348. The lowest BCUT2D eigenvalue weighted by Gasteiger charge is -2.29. The summed E-state index contributed by atoms with van der Waals surface area (Å²) >= 11 is 0. The average molecular weight is 498 g/mol. The highest BCUT2D eigenvalue weighted by molar-refractivity contribution is 6.40. The van der Waals surface area contributed by atoms with Crippen LogP contribution in [0.4, 0.5) is 27.6 Å². The molecule has 35 heavy (non-hydrogen) atoms. The van der Waals surface area contributed by atoms with Gasteiger partial charge in [0.05, 0.1) is 11.2 Å². The number of allylic oxidation sites excluding steroid dienone is 3. The molecular formula is C23H23F5N4O3.